The molecular weight excluding hydrogens is 246 g/mol. The topological polar surface area (TPSA) is 37.8 Å². The Bertz CT molecular complexity index is 733. The largest absolute Gasteiger partial charge is 0.371 e. The number of fused-ring (bicyclic) bond motifs is 1. The van der Waals surface area contributed by atoms with Crippen LogP contribution in [0, 0.1) is 0 Å². The van der Waals surface area contributed by atoms with Crippen molar-refractivity contribution in [2.75, 3.05) is 12.4 Å². The van der Waals surface area contributed by atoms with Crippen LogP contribution in [0.3, 0.4) is 0 Å². The van der Waals surface area contributed by atoms with Crippen LogP contribution in [0.1, 0.15) is 12.5 Å². The predicted molar refractivity (Wildman–Crippen MR) is 83.9 cm³/mol. The van der Waals surface area contributed by atoms with Crippen LogP contribution >= 0.6 is 0 Å². The molecule has 0 aliphatic heterocycles. The van der Waals surface area contributed by atoms with E-state index in [0.717, 1.165) is 34.3 Å². The maximum atomic E-state index is 4.39. The van der Waals surface area contributed by atoms with E-state index >= 15 is 0 Å². The fourth-order valence-corrected chi connectivity index (χ4v) is 2.40. The summed E-state index contributed by atoms with van der Waals surface area (Å²) < 4.78 is 0. The van der Waals surface area contributed by atoms with Crippen molar-refractivity contribution in [1.82, 2.24) is 10.2 Å². The molecule has 0 bridgehead atoms. The van der Waals surface area contributed by atoms with Crippen LogP contribution < -0.4 is 5.32 Å². The Labute approximate surface area is 118 Å². The first-order valence-corrected chi connectivity index (χ1v) is 6.86. The van der Waals surface area contributed by atoms with Gasteiger partial charge in [-0.3, -0.25) is 0 Å². The molecule has 0 aliphatic rings. The fraction of sp³-hybridized carbons (Fsp3) is 0.176. The van der Waals surface area contributed by atoms with E-state index in [1.54, 1.807) is 0 Å². The fourth-order valence-electron chi connectivity index (χ4n) is 2.40. The molecule has 0 atom stereocenters. The van der Waals surface area contributed by atoms with Crippen molar-refractivity contribution < 1.29 is 0 Å². The van der Waals surface area contributed by atoms with Crippen molar-refractivity contribution in [3.8, 4) is 11.3 Å². The van der Waals surface area contributed by atoms with Crippen molar-refractivity contribution in [1.29, 1.82) is 0 Å². The number of hydrogen-bond acceptors (Lipinski definition) is 3. The second kappa shape index (κ2) is 5.29. The molecule has 0 aliphatic carbocycles. The molecule has 20 heavy (non-hydrogen) atoms. The molecule has 0 amide bonds. The van der Waals surface area contributed by atoms with Crippen LogP contribution in [0.4, 0.5) is 5.82 Å². The van der Waals surface area contributed by atoms with Crippen molar-refractivity contribution >= 4 is 16.6 Å². The summed E-state index contributed by atoms with van der Waals surface area (Å²) in [6.45, 7) is 2.16. The molecule has 0 fully saturated rings. The SMILES string of the molecule is CCc1ccc(-c2nnc(NC)c3ccccc23)cc1. The van der Waals surface area contributed by atoms with E-state index in [-0.39, 0.29) is 0 Å². The average Bonchev–Trinajstić information content (AvgIpc) is 2.54. The Balaban J connectivity index is 2.20. The molecular formula is C17H17N3. The monoisotopic (exact) mass is 263 g/mol. The van der Waals surface area contributed by atoms with Gasteiger partial charge in [-0.05, 0) is 12.0 Å². The summed E-state index contributed by atoms with van der Waals surface area (Å²) in [4.78, 5) is 0. The minimum atomic E-state index is 0.814. The number of hydrogen-bond donors (Lipinski definition) is 1. The smallest absolute Gasteiger partial charge is 0.156 e. The molecule has 3 nitrogen and oxygen atoms in total. The Morgan fingerprint density at radius 2 is 1.60 bits per heavy atom. The predicted octanol–water partition coefficient (Wildman–Crippen LogP) is 3.90. The van der Waals surface area contributed by atoms with Gasteiger partial charge in [0.15, 0.2) is 5.82 Å². The van der Waals surface area contributed by atoms with Crippen molar-refractivity contribution in [2.24, 2.45) is 0 Å². The van der Waals surface area contributed by atoms with Crippen LogP contribution in [-0.4, -0.2) is 17.2 Å². The highest BCUT2D eigenvalue weighted by Crippen LogP contribution is 2.29. The van der Waals surface area contributed by atoms with E-state index in [4.69, 9.17) is 0 Å². The van der Waals surface area contributed by atoms with Gasteiger partial charge in [0.1, 0.15) is 5.69 Å². The number of nitrogens with one attached hydrogen (secondary N) is 1. The number of anilines is 1. The van der Waals surface area contributed by atoms with Gasteiger partial charge in [-0.1, -0.05) is 55.5 Å². The number of nitrogens with zero attached hydrogens (tertiary/aromatic N) is 2. The molecule has 0 spiro atoms. The molecule has 1 N–H and O–H groups in total. The number of aryl methyl sites for hydroxylation is 1. The summed E-state index contributed by atoms with van der Waals surface area (Å²) >= 11 is 0. The van der Waals surface area contributed by atoms with E-state index in [1.165, 1.54) is 5.56 Å². The van der Waals surface area contributed by atoms with Crippen LogP contribution in [0.2, 0.25) is 0 Å². The van der Waals surface area contributed by atoms with Crippen LogP contribution in [0.25, 0.3) is 22.0 Å². The van der Waals surface area contributed by atoms with Gasteiger partial charge in [0.25, 0.3) is 0 Å². The lowest BCUT2D eigenvalue weighted by Gasteiger charge is -2.09. The lowest BCUT2D eigenvalue weighted by atomic mass is 10.0. The third-order valence-electron chi connectivity index (χ3n) is 3.56. The van der Waals surface area contributed by atoms with E-state index in [0.29, 0.717) is 0 Å². The molecule has 1 aromatic heterocycles. The molecule has 0 saturated heterocycles. The van der Waals surface area contributed by atoms with Crippen molar-refractivity contribution in [3.05, 3.63) is 54.1 Å². The third-order valence-corrected chi connectivity index (χ3v) is 3.56. The zero-order valence-electron chi connectivity index (χ0n) is 11.7. The quantitative estimate of drug-likeness (QED) is 0.778. The first-order valence-electron chi connectivity index (χ1n) is 6.86. The summed E-state index contributed by atoms with van der Waals surface area (Å²) in [6, 6.07) is 16.8. The van der Waals surface area contributed by atoms with Gasteiger partial charge >= 0.3 is 0 Å². The maximum absolute atomic E-state index is 4.39. The molecule has 1 heterocycles. The van der Waals surface area contributed by atoms with Crippen LogP contribution in [0.15, 0.2) is 48.5 Å². The summed E-state index contributed by atoms with van der Waals surface area (Å²) in [5.74, 6) is 0.814. The minimum absolute atomic E-state index is 0.814. The van der Waals surface area contributed by atoms with Gasteiger partial charge < -0.3 is 5.32 Å². The van der Waals surface area contributed by atoms with E-state index < -0.39 is 0 Å². The van der Waals surface area contributed by atoms with Gasteiger partial charge in [-0.15, -0.1) is 10.2 Å². The summed E-state index contributed by atoms with van der Waals surface area (Å²) in [7, 11) is 1.87. The molecule has 3 aromatic rings. The Kier molecular flexibility index (Phi) is 3.33. The Morgan fingerprint density at radius 1 is 0.900 bits per heavy atom. The standard InChI is InChI=1S/C17H17N3/c1-3-12-8-10-13(11-9-12)16-14-6-4-5-7-15(14)17(18-2)20-19-16/h4-11H,3H2,1-2H3,(H,18,20). The molecule has 3 rings (SSSR count). The molecule has 0 radical (unpaired) electrons. The molecule has 2 aromatic carbocycles. The highest BCUT2D eigenvalue weighted by Gasteiger charge is 2.09. The highest BCUT2D eigenvalue weighted by molar-refractivity contribution is 5.99. The summed E-state index contributed by atoms with van der Waals surface area (Å²) in [5, 5.41) is 14.0. The zero-order chi connectivity index (χ0) is 13.9. The molecule has 0 saturated carbocycles. The Morgan fingerprint density at radius 3 is 2.25 bits per heavy atom. The van der Waals surface area contributed by atoms with E-state index in [1.807, 2.05) is 19.2 Å². The molecule has 100 valence electrons. The third kappa shape index (κ3) is 2.11. The second-order valence-corrected chi connectivity index (χ2v) is 4.74. The highest BCUT2D eigenvalue weighted by atomic mass is 15.2. The first-order chi connectivity index (χ1) is 9.83. The van der Waals surface area contributed by atoms with Crippen LogP contribution in [-0.2, 0) is 6.42 Å². The summed E-state index contributed by atoms with van der Waals surface area (Å²) in [5.41, 5.74) is 3.37. The van der Waals surface area contributed by atoms with E-state index in [2.05, 4.69) is 58.8 Å². The van der Waals surface area contributed by atoms with Crippen molar-refractivity contribution in [3.63, 3.8) is 0 Å². The Hall–Kier alpha value is -2.42. The van der Waals surface area contributed by atoms with Gasteiger partial charge in [0.2, 0.25) is 0 Å². The van der Waals surface area contributed by atoms with Gasteiger partial charge in [-0.25, -0.2) is 0 Å². The second-order valence-electron chi connectivity index (χ2n) is 4.74. The zero-order valence-corrected chi connectivity index (χ0v) is 11.7. The minimum Gasteiger partial charge on any atom is -0.371 e. The van der Waals surface area contributed by atoms with E-state index in [9.17, 15) is 0 Å². The molecule has 0 unspecified atom stereocenters. The number of benzene rings is 2. The normalized spacial score (nSPS) is 10.7. The lowest BCUT2D eigenvalue weighted by Crippen LogP contribution is -1.98. The van der Waals surface area contributed by atoms with Gasteiger partial charge in [0.05, 0.1) is 0 Å². The van der Waals surface area contributed by atoms with Gasteiger partial charge in [0, 0.05) is 23.4 Å². The lowest BCUT2D eigenvalue weighted by molar-refractivity contribution is 1.05. The maximum Gasteiger partial charge on any atom is 0.156 e. The summed E-state index contributed by atoms with van der Waals surface area (Å²) in [6.07, 6.45) is 1.05. The number of aromatic nitrogens is 2. The first kappa shape index (κ1) is 12.6. The molecule has 3 heteroatoms. The van der Waals surface area contributed by atoms with Crippen LogP contribution in [0.5, 0.6) is 0 Å². The number of rotatable bonds is 3. The average molecular weight is 263 g/mol. The van der Waals surface area contributed by atoms with Crippen molar-refractivity contribution in [2.45, 2.75) is 13.3 Å². The van der Waals surface area contributed by atoms with Gasteiger partial charge in [-0.2, -0.15) is 0 Å².